The summed E-state index contributed by atoms with van der Waals surface area (Å²) in [7, 11) is -3.55. The average molecular weight is 316 g/mol. The van der Waals surface area contributed by atoms with E-state index in [1.807, 2.05) is 19.2 Å². The Labute approximate surface area is 123 Å². The number of hydrogen-bond donors (Lipinski definition) is 2. The molecule has 0 saturated carbocycles. The van der Waals surface area contributed by atoms with Gasteiger partial charge in [-0.05, 0) is 12.8 Å². The van der Waals surface area contributed by atoms with Crippen LogP contribution in [-0.2, 0) is 10.0 Å². The van der Waals surface area contributed by atoms with Gasteiger partial charge in [0.1, 0.15) is 0 Å². The molecule has 0 bridgehead atoms. The number of unbranched alkanes of at least 4 members (excludes halogenated alkanes) is 1. The van der Waals surface area contributed by atoms with Crippen molar-refractivity contribution in [3.05, 3.63) is 11.6 Å². The van der Waals surface area contributed by atoms with Crippen molar-refractivity contribution in [3.63, 3.8) is 0 Å². The topological polar surface area (TPSA) is 75.5 Å². The van der Waals surface area contributed by atoms with Crippen LogP contribution in [0, 0.1) is 0 Å². The predicted molar refractivity (Wildman–Crippen MR) is 81.9 cm³/mol. The Kier molecular flexibility index (Phi) is 5.00. The molecule has 2 aromatic rings. The van der Waals surface area contributed by atoms with E-state index >= 15 is 0 Å². The van der Waals surface area contributed by atoms with Crippen molar-refractivity contribution in [2.24, 2.45) is 0 Å². The standard InChI is InChI=1S/C12H20N4O2S2/c1-3-5-7-14-20(17,18)11-10(13-6-4-2)15-12-16(11)8-9-19-12/h8-9,13-14H,3-7H2,1-2H3. The maximum Gasteiger partial charge on any atom is 0.260 e. The predicted octanol–water partition coefficient (Wildman–Crippen LogP) is 2.30. The summed E-state index contributed by atoms with van der Waals surface area (Å²) in [4.78, 5) is 5.04. The summed E-state index contributed by atoms with van der Waals surface area (Å²) in [5.74, 6) is 0.433. The van der Waals surface area contributed by atoms with Crippen LogP contribution >= 0.6 is 11.3 Å². The molecular weight excluding hydrogens is 296 g/mol. The number of sulfonamides is 1. The second kappa shape index (κ2) is 6.55. The Balaban J connectivity index is 2.36. The third-order valence-corrected chi connectivity index (χ3v) is 5.08. The van der Waals surface area contributed by atoms with Gasteiger partial charge in [-0.15, -0.1) is 11.3 Å². The molecule has 0 aliphatic heterocycles. The molecule has 2 heterocycles. The first-order valence-electron chi connectivity index (χ1n) is 6.79. The minimum atomic E-state index is -3.55. The molecular formula is C12H20N4O2S2. The number of aromatic nitrogens is 2. The third-order valence-electron chi connectivity index (χ3n) is 2.84. The number of hydrogen-bond acceptors (Lipinski definition) is 5. The molecule has 0 spiro atoms. The molecule has 2 rings (SSSR count). The molecule has 8 heteroatoms. The Morgan fingerprint density at radius 1 is 1.30 bits per heavy atom. The van der Waals surface area contributed by atoms with Gasteiger partial charge in [0.2, 0.25) is 0 Å². The number of nitrogens with one attached hydrogen (secondary N) is 2. The Hall–Kier alpha value is -1.12. The zero-order chi connectivity index (χ0) is 14.6. The Bertz CT molecular complexity index is 660. The summed E-state index contributed by atoms with van der Waals surface area (Å²) >= 11 is 1.42. The summed E-state index contributed by atoms with van der Waals surface area (Å²) in [6.07, 6.45) is 4.42. The van der Waals surface area contributed by atoms with E-state index in [2.05, 4.69) is 15.0 Å². The van der Waals surface area contributed by atoms with E-state index in [-0.39, 0.29) is 5.03 Å². The second-order valence-electron chi connectivity index (χ2n) is 4.50. The molecule has 0 atom stereocenters. The summed E-state index contributed by atoms with van der Waals surface area (Å²) in [6, 6.07) is 0. The van der Waals surface area contributed by atoms with Crippen LogP contribution in [0.25, 0.3) is 4.96 Å². The molecule has 0 aromatic carbocycles. The van der Waals surface area contributed by atoms with Gasteiger partial charge in [0.05, 0.1) is 0 Å². The smallest absolute Gasteiger partial charge is 0.260 e. The molecule has 2 aromatic heterocycles. The second-order valence-corrected chi connectivity index (χ2v) is 7.05. The van der Waals surface area contributed by atoms with Crippen LogP contribution < -0.4 is 10.0 Å². The molecule has 0 unspecified atom stereocenters. The van der Waals surface area contributed by atoms with Crippen LogP contribution in [0.5, 0.6) is 0 Å². The van der Waals surface area contributed by atoms with Crippen molar-refractivity contribution in [1.82, 2.24) is 14.1 Å². The van der Waals surface area contributed by atoms with Crippen molar-refractivity contribution in [3.8, 4) is 0 Å². The lowest BCUT2D eigenvalue weighted by atomic mass is 10.3. The van der Waals surface area contributed by atoms with Gasteiger partial charge >= 0.3 is 0 Å². The lowest BCUT2D eigenvalue weighted by molar-refractivity contribution is 0.574. The molecule has 112 valence electrons. The van der Waals surface area contributed by atoms with Crippen molar-refractivity contribution in [2.75, 3.05) is 18.4 Å². The maximum absolute atomic E-state index is 12.5. The largest absolute Gasteiger partial charge is 0.368 e. The summed E-state index contributed by atoms with van der Waals surface area (Å²) in [5.41, 5.74) is 0. The first kappa shape index (κ1) is 15.3. The lowest BCUT2D eigenvalue weighted by Crippen LogP contribution is -2.26. The van der Waals surface area contributed by atoms with Gasteiger partial charge in [0.15, 0.2) is 15.8 Å². The van der Waals surface area contributed by atoms with Crippen LogP contribution in [0.15, 0.2) is 16.6 Å². The molecule has 0 aliphatic rings. The van der Waals surface area contributed by atoms with E-state index in [1.165, 1.54) is 11.3 Å². The normalized spacial score (nSPS) is 12.1. The Morgan fingerprint density at radius 2 is 2.10 bits per heavy atom. The van der Waals surface area contributed by atoms with Crippen molar-refractivity contribution in [1.29, 1.82) is 0 Å². The summed E-state index contributed by atoms with van der Waals surface area (Å²) in [5, 5.41) is 5.13. The highest BCUT2D eigenvalue weighted by Gasteiger charge is 2.25. The third kappa shape index (κ3) is 3.13. The number of nitrogens with zero attached hydrogens (tertiary/aromatic N) is 2. The zero-order valence-corrected chi connectivity index (χ0v) is 13.4. The maximum atomic E-state index is 12.5. The van der Waals surface area contributed by atoms with Gasteiger partial charge in [-0.25, -0.2) is 18.1 Å². The molecule has 0 fully saturated rings. The molecule has 0 saturated heterocycles. The molecule has 2 N–H and O–H groups in total. The molecule has 0 radical (unpaired) electrons. The monoisotopic (exact) mass is 316 g/mol. The van der Waals surface area contributed by atoms with Crippen LogP contribution in [0.1, 0.15) is 33.1 Å². The minimum Gasteiger partial charge on any atom is -0.368 e. The van der Waals surface area contributed by atoms with E-state index in [0.717, 1.165) is 19.3 Å². The van der Waals surface area contributed by atoms with Gasteiger partial charge in [0, 0.05) is 24.7 Å². The van der Waals surface area contributed by atoms with Crippen molar-refractivity contribution < 1.29 is 8.42 Å². The van der Waals surface area contributed by atoms with Gasteiger partial charge in [-0.3, -0.25) is 4.40 Å². The van der Waals surface area contributed by atoms with Crippen molar-refractivity contribution >= 4 is 32.1 Å². The van der Waals surface area contributed by atoms with E-state index in [0.29, 0.717) is 23.9 Å². The Morgan fingerprint density at radius 3 is 2.80 bits per heavy atom. The lowest BCUT2D eigenvalue weighted by Gasteiger charge is -2.08. The molecule has 0 amide bonds. The number of imidazole rings is 1. The van der Waals surface area contributed by atoms with Crippen LogP contribution in [0.3, 0.4) is 0 Å². The average Bonchev–Trinajstić information content (AvgIpc) is 2.95. The van der Waals surface area contributed by atoms with Gasteiger partial charge in [-0.2, -0.15) is 0 Å². The number of fused-ring (bicyclic) bond motifs is 1. The molecule has 20 heavy (non-hydrogen) atoms. The number of anilines is 1. The van der Waals surface area contributed by atoms with Crippen LogP contribution in [0.2, 0.25) is 0 Å². The fourth-order valence-corrected chi connectivity index (χ4v) is 3.93. The van der Waals surface area contributed by atoms with E-state index in [4.69, 9.17) is 0 Å². The quantitative estimate of drug-likeness (QED) is 0.733. The first-order valence-corrected chi connectivity index (χ1v) is 9.15. The van der Waals surface area contributed by atoms with Crippen LogP contribution in [0.4, 0.5) is 5.82 Å². The van der Waals surface area contributed by atoms with Gasteiger partial charge in [-0.1, -0.05) is 20.3 Å². The fraction of sp³-hybridized carbons (Fsp3) is 0.583. The van der Waals surface area contributed by atoms with E-state index in [1.54, 1.807) is 10.6 Å². The zero-order valence-electron chi connectivity index (χ0n) is 11.7. The number of rotatable bonds is 8. The highest BCUT2D eigenvalue weighted by molar-refractivity contribution is 7.89. The highest BCUT2D eigenvalue weighted by Crippen LogP contribution is 2.25. The van der Waals surface area contributed by atoms with Crippen LogP contribution in [-0.4, -0.2) is 30.9 Å². The summed E-state index contributed by atoms with van der Waals surface area (Å²) in [6.45, 7) is 5.20. The molecule has 6 nitrogen and oxygen atoms in total. The molecule has 0 aliphatic carbocycles. The van der Waals surface area contributed by atoms with Gasteiger partial charge < -0.3 is 5.32 Å². The van der Waals surface area contributed by atoms with E-state index < -0.39 is 10.0 Å². The van der Waals surface area contributed by atoms with Crippen molar-refractivity contribution in [2.45, 2.75) is 38.1 Å². The minimum absolute atomic E-state index is 0.207. The van der Waals surface area contributed by atoms with Gasteiger partial charge in [0.25, 0.3) is 10.0 Å². The SMILES string of the molecule is CCCCNS(=O)(=O)c1c(NCCC)nc2sccn12. The highest BCUT2D eigenvalue weighted by atomic mass is 32.2. The van der Waals surface area contributed by atoms with E-state index in [9.17, 15) is 8.42 Å². The fourth-order valence-electron chi connectivity index (χ4n) is 1.83. The number of thiazole rings is 1. The summed E-state index contributed by atoms with van der Waals surface area (Å²) < 4.78 is 29.2. The first-order chi connectivity index (χ1) is 9.60.